The number of hydrogen-bond donors (Lipinski definition) is 3. The van der Waals surface area contributed by atoms with Crippen LogP contribution >= 0.6 is 15.6 Å². The summed E-state index contributed by atoms with van der Waals surface area (Å²) in [6.07, 6.45) is 70.7. The van der Waals surface area contributed by atoms with Crippen LogP contribution in [0.4, 0.5) is 0 Å². The van der Waals surface area contributed by atoms with Crippen molar-refractivity contribution in [1.82, 2.24) is 0 Å². The molecule has 0 saturated heterocycles. The summed E-state index contributed by atoms with van der Waals surface area (Å²) in [4.78, 5) is 73.2. The Kier molecular flexibility index (Phi) is 76.3. The van der Waals surface area contributed by atoms with Crippen molar-refractivity contribution in [2.45, 2.75) is 477 Å². The Hall–Kier alpha value is -1.94. The summed E-state index contributed by atoms with van der Waals surface area (Å²) >= 11 is 0. The summed E-state index contributed by atoms with van der Waals surface area (Å²) < 4.78 is 68.9. The Morgan fingerprint density at radius 2 is 0.442 bits per heavy atom. The number of aliphatic hydroxyl groups excluding tert-OH is 1. The molecule has 2 unspecified atom stereocenters. The maximum atomic E-state index is 13.1. The third kappa shape index (κ3) is 78.2. The molecular weight excluding hydrogens is 1350 g/mol. The van der Waals surface area contributed by atoms with Crippen molar-refractivity contribution >= 4 is 39.5 Å². The van der Waals surface area contributed by atoms with Crippen LogP contribution in [0, 0.1) is 5.92 Å². The monoisotopic (exact) mass is 1520 g/mol. The van der Waals surface area contributed by atoms with Crippen LogP contribution in [-0.2, 0) is 65.4 Å². The maximum absolute atomic E-state index is 13.1. The van der Waals surface area contributed by atoms with E-state index in [9.17, 15) is 43.2 Å². The average Bonchev–Trinajstić information content (AvgIpc) is 0.932. The molecular formula is C85H166O17P2. The lowest BCUT2D eigenvalue weighted by Gasteiger charge is -2.21. The molecule has 0 saturated carbocycles. The van der Waals surface area contributed by atoms with Crippen LogP contribution in [0.3, 0.4) is 0 Å². The van der Waals surface area contributed by atoms with Crippen LogP contribution in [0.15, 0.2) is 0 Å². The molecule has 0 amide bonds. The van der Waals surface area contributed by atoms with Crippen molar-refractivity contribution in [3.63, 3.8) is 0 Å². The molecule has 5 atom stereocenters. The van der Waals surface area contributed by atoms with E-state index in [0.29, 0.717) is 25.7 Å². The SMILES string of the molecule is CCCCCCCCCCCCCCCCCCCCCCCC(=O)O[C@H](COC(=O)CCCCCCCCCCCCCCCCCC(C)C)COP(=O)(O)OC[C@@H](O)COP(=O)(O)OC[C@@H](COC(=O)CCCCCCCCCCCCC)OC(=O)CCCCCCCCCCCCCCCC. The predicted molar refractivity (Wildman–Crippen MR) is 428 cm³/mol. The van der Waals surface area contributed by atoms with Crippen LogP contribution in [0.25, 0.3) is 0 Å². The van der Waals surface area contributed by atoms with Gasteiger partial charge in [-0.05, 0) is 31.6 Å². The van der Waals surface area contributed by atoms with E-state index in [1.165, 1.54) is 283 Å². The summed E-state index contributed by atoms with van der Waals surface area (Å²) in [5, 5.41) is 10.7. The lowest BCUT2D eigenvalue weighted by atomic mass is 10.0. The quantitative estimate of drug-likeness (QED) is 0.0222. The van der Waals surface area contributed by atoms with E-state index >= 15 is 0 Å². The van der Waals surface area contributed by atoms with Gasteiger partial charge in [0.15, 0.2) is 12.2 Å². The first-order valence-corrected chi connectivity index (χ1v) is 47.1. The summed E-state index contributed by atoms with van der Waals surface area (Å²) in [6.45, 7) is 7.38. The molecule has 3 N–H and O–H groups in total. The fourth-order valence-corrected chi connectivity index (χ4v) is 14.9. The zero-order valence-electron chi connectivity index (χ0n) is 68.2. The number of aliphatic hydroxyl groups is 1. The number of phosphoric ester groups is 2. The molecule has 0 aromatic rings. The minimum atomic E-state index is -4.96. The first-order chi connectivity index (χ1) is 50.5. The van der Waals surface area contributed by atoms with Crippen molar-refractivity contribution < 1.29 is 80.2 Å². The predicted octanol–water partition coefficient (Wildman–Crippen LogP) is 26.0. The second-order valence-electron chi connectivity index (χ2n) is 31.1. The lowest BCUT2D eigenvalue weighted by Crippen LogP contribution is -2.30. The van der Waals surface area contributed by atoms with E-state index in [1.807, 2.05) is 0 Å². The van der Waals surface area contributed by atoms with Crippen LogP contribution in [-0.4, -0.2) is 96.7 Å². The van der Waals surface area contributed by atoms with E-state index in [1.54, 1.807) is 0 Å². The first kappa shape index (κ1) is 102. The van der Waals surface area contributed by atoms with Gasteiger partial charge in [-0.3, -0.25) is 37.3 Å². The molecule has 0 heterocycles. The number of phosphoric acid groups is 2. The summed E-state index contributed by atoms with van der Waals surface area (Å²) in [6, 6.07) is 0. The Balaban J connectivity index is 5.23. The topological polar surface area (TPSA) is 237 Å². The molecule has 19 heteroatoms. The van der Waals surface area contributed by atoms with Crippen LogP contribution in [0.2, 0.25) is 0 Å². The average molecular weight is 1520 g/mol. The van der Waals surface area contributed by atoms with Gasteiger partial charge in [-0.15, -0.1) is 0 Å². The van der Waals surface area contributed by atoms with Gasteiger partial charge in [0.2, 0.25) is 0 Å². The zero-order chi connectivity index (χ0) is 76.2. The highest BCUT2D eigenvalue weighted by atomic mass is 31.2. The molecule has 0 aliphatic carbocycles. The molecule has 0 radical (unpaired) electrons. The second-order valence-corrected chi connectivity index (χ2v) is 34.0. The summed E-state index contributed by atoms with van der Waals surface area (Å²) in [7, 11) is -9.92. The van der Waals surface area contributed by atoms with Crippen LogP contribution in [0.1, 0.15) is 458 Å². The lowest BCUT2D eigenvalue weighted by molar-refractivity contribution is -0.161. The molecule has 618 valence electrons. The van der Waals surface area contributed by atoms with Gasteiger partial charge in [-0.25, -0.2) is 9.13 Å². The van der Waals surface area contributed by atoms with Crippen LogP contribution < -0.4 is 0 Å². The minimum Gasteiger partial charge on any atom is -0.462 e. The second kappa shape index (κ2) is 77.8. The fourth-order valence-electron chi connectivity index (χ4n) is 13.3. The van der Waals surface area contributed by atoms with Gasteiger partial charge in [0.1, 0.15) is 19.3 Å². The number of esters is 4. The van der Waals surface area contributed by atoms with E-state index in [2.05, 4.69) is 34.6 Å². The maximum Gasteiger partial charge on any atom is 0.472 e. The Bertz CT molecular complexity index is 1980. The molecule has 104 heavy (non-hydrogen) atoms. The normalized spacial score (nSPS) is 13.8. The van der Waals surface area contributed by atoms with Crippen molar-refractivity contribution in [1.29, 1.82) is 0 Å². The molecule has 0 fully saturated rings. The van der Waals surface area contributed by atoms with Gasteiger partial charge < -0.3 is 33.8 Å². The van der Waals surface area contributed by atoms with Crippen molar-refractivity contribution in [3.8, 4) is 0 Å². The zero-order valence-corrected chi connectivity index (χ0v) is 70.0. The highest BCUT2D eigenvalue weighted by molar-refractivity contribution is 7.47. The van der Waals surface area contributed by atoms with E-state index in [-0.39, 0.29) is 25.7 Å². The van der Waals surface area contributed by atoms with E-state index < -0.39 is 97.5 Å². The standard InChI is InChI=1S/C85H166O17P2/c1-6-9-12-15-18-21-24-26-28-29-30-31-32-33-36-41-46-51-56-61-66-71-85(90)102-81(75-96-83(88)69-64-59-54-49-44-40-37-34-35-38-43-47-52-57-62-67-78(4)5)77-100-104(93,94)98-73-79(86)72-97-103(91,92)99-76-80(74-95-82(87)68-63-58-53-48-42-23-20-17-14-11-8-3)101-84(89)70-65-60-55-50-45-39-27-25-22-19-16-13-10-7-2/h78-81,86H,6-77H2,1-5H3,(H,91,92)(H,93,94)/t79-,80+,81+/m0/s1. The van der Waals surface area contributed by atoms with Crippen molar-refractivity contribution in [3.05, 3.63) is 0 Å². The third-order valence-corrected chi connectivity index (χ3v) is 21.9. The molecule has 0 rings (SSSR count). The largest absolute Gasteiger partial charge is 0.472 e. The molecule has 0 spiro atoms. The molecule has 0 aliphatic heterocycles. The van der Waals surface area contributed by atoms with E-state index in [0.717, 1.165) is 95.8 Å². The van der Waals surface area contributed by atoms with Gasteiger partial charge in [0.05, 0.1) is 26.4 Å². The Labute approximate surface area is 638 Å². The van der Waals surface area contributed by atoms with Gasteiger partial charge >= 0.3 is 39.5 Å². The summed E-state index contributed by atoms with van der Waals surface area (Å²) in [5.74, 6) is -1.29. The van der Waals surface area contributed by atoms with Gasteiger partial charge in [-0.1, -0.05) is 407 Å². The minimum absolute atomic E-state index is 0.109. The number of carbonyl (C=O) groups excluding carboxylic acids is 4. The molecule has 0 bridgehead atoms. The number of carbonyl (C=O) groups is 4. The molecule has 17 nitrogen and oxygen atoms in total. The van der Waals surface area contributed by atoms with Crippen molar-refractivity contribution in [2.75, 3.05) is 39.6 Å². The van der Waals surface area contributed by atoms with Crippen molar-refractivity contribution in [2.24, 2.45) is 5.92 Å². The number of hydrogen-bond acceptors (Lipinski definition) is 15. The third-order valence-electron chi connectivity index (χ3n) is 20.0. The number of rotatable bonds is 85. The van der Waals surface area contributed by atoms with Gasteiger partial charge in [0, 0.05) is 25.7 Å². The van der Waals surface area contributed by atoms with Crippen LogP contribution in [0.5, 0.6) is 0 Å². The van der Waals surface area contributed by atoms with Gasteiger partial charge in [0.25, 0.3) is 0 Å². The highest BCUT2D eigenvalue weighted by Gasteiger charge is 2.30. The van der Waals surface area contributed by atoms with Gasteiger partial charge in [-0.2, -0.15) is 0 Å². The molecule has 0 aliphatic rings. The van der Waals surface area contributed by atoms with E-state index in [4.69, 9.17) is 37.0 Å². The first-order valence-electron chi connectivity index (χ1n) is 44.1. The number of unbranched alkanes of at least 4 members (excludes halogenated alkanes) is 57. The Morgan fingerprint density at radius 3 is 0.654 bits per heavy atom. The molecule has 0 aromatic carbocycles. The Morgan fingerprint density at radius 1 is 0.260 bits per heavy atom. The molecule has 0 aromatic heterocycles. The number of ether oxygens (including phenoxy) is 4. The summed E-state index contributed by atoms with van der Waals surface area (Å²) in [5.41, 5.74) is 0. The smallest absolute Gasteiger partial charge is 0.462 e. The highest BCUT2D eigenvalue weighted by Crippen LogP contribution is 2.45. The fraction of sp³-hybridized carbons (Fsp3) is 0.953.